The summed E-state index contributed by atoms with van der Waals surface area (Å²) in [4.78, 5) is 33.8. The highest BCUT2D eigenvalue weighted by atomic mass is 16.6. The van der Waals surface area contributed by atoms with Gasteiger partial charge in [0.1, 0.15) is 5.60 Å². The Labute approximate surface area is 216 Å². The van der Waals surface area contributed by atoms with Crippen LogP contribution < -0.4 is 0 Å². The maximum absolute atomic E-state index is 13.8. The van der Waals surface area contributed by atoms with E-state index in [1.165, 1.54) is 27.7 Å². The van der Waals surface area contributed by atoms with Crippen LogP contribution in [0, 0.1) is 24.7 Å². The van der Waals surface area contributed by atoms with Gasteiger partial charge in [-0.2, -0.15) is 0 Å². The first-order valence-electron chi connectivity index (χ1n) is 13.8. The van der Waals surface area contributed by atoms with Crippen LogP contribution in [0.1, 0.15) is 89.6 Å². The summed E-state index contributed by atoms with van der Waals surface area (Å²) in [7, 11) is 1.81. The summed E-state index contributed by atoms with van der Waals surface area (Å²) < 4.78 is 5.50. The molecule has 36 heavy (non-hydrogen) atoms. The number of aromatic nitrogens is 1. The number of carbonyl (C=O) groups excluding carboxylic acids is 2. The van der Waals surface area contributed by atoms with Crippen LogP contribution >= 0.6 is 0 Å². The normalized spacial score (nSPS) is 22.6. The maximum Gasteiger partial charge on any atom is 0.410 e. The van der Waals surface area contributed by atoms with Crippen molar-refractivity contribution in [1.29, 1.82) is 0 Å². The van der Waals surface area contributed by atoms with Crippen molar-refractivity contribution in [2.45, 2.75) is 91.7 Å². The van der Waals surface area contributed by atoms with Gasteiger partial charge < -0.3 is 19.5 Å². The van der Waals surface area contributed by atoms with Crippen LogP contribution in [0.5, 0.6) is 0 Å². The van der Waals surface area contributed by atoms with Gasteiger partial charge in [0.15, 0.2) is 0 Å². The Kier molecular flexibility index (Phi) is 7.72. The molecular formula is C30H45N3O3. The van der Waals surface area contributed by atoms with Gasteiger partial charge in [-0.1, -0.05) is 25.5 Å². The number of nitrogens with one attached hydrogen (secondary N) is 1. The van der Waals surface area contributed by atoms with Crippen molar-refractivity contribution in [3.8, 4) is 0 Å². The summed E-state index contributed by atoms with van der Waals surface area (Å²) in [5.41, 5.74) is 4.62. The zero-order valence-electron chi connectivity index (χ0n) is 23.3. The predicted octanol–water partition coefficient (Wildman–Crippen LogP) is 6.62. The zero-order valence-corrected chi connectivity index (χ0v) is 23.3. The smallest absolute Gasteiger partial charge is 0.410 e. The first-order chi connectivity index (χ1) is 16.9. The molecule has 2 amide bonds. The molecule has 1 N–H and O–H groups in total. The number of fused-ring (bicyclic) bond motifs is 3. The molecule has 4 rings (SSSR count). The van der Waals surface area contributed by atoms with E-state index < -0.39 is 5.60 Å². The number of hydrogen-bond donors (Lipinski definition) is 1. The van der Waals surface area contributed by atoms with Gasteiger partial charge in [-0.3, -0.25) is 4.79 Å². The summed E-state index contributed by atoms with van der Waals surface area (Å²) in [6.07, 6.45) is 5.36. The molecule has 1 aromatic heterocycles. The van der Waals surface area contributed by atoms with Gasteiger partial charge in [0, 0.05) is 42.7 Å². The number of H-pyrrole nitrogens is 1. The topological polar surface area (TPSA) is 65.6 Å². The summed E-state index contributed by atoms with van der Waals surface area (Å²) in [5, 5.41) is 1.32. The Morgan fingerprint density at radius 2 is 1.86 bits per heavy atom. The van der Waals surface area contributed by atoms with Gasteiger partial charge in [0.05, 0.1) is 6.04 Å². The number of carbonyl (C=O) groups is 2. The van der Waals surface area contributed by atoms with Crippen LogP contribution in [-0.4, -0.2) is 52.5 Å². The van der Waals surface area contributed by atoms with E-state index in [0.29, 0.717) is 24.3 Å². The van der Waals surface area contributed by atoms with Crippen molar-refractivity contribution < 1.29 is 14.3 Å². The highest BCUT2D eigenvalue weighted by molar-refractivity contribution is 5.87. The fraction of sp³-hybridized carbons (Fsp3) is 0.667. The minimum absolute atomic E-state index is 0.0796. The molecule has 0 bridgehead atoms. The number of amides is 2. The molecule has 1 aliphatic carbocycles. The second-order valence-electron chi connectivity index (χ2n) is 12.6. The average Bonchev–Trinajstić information content (AvgIpc) is 3.16. The maximum atomic E-state index is 13.8. The lowest BCUT2D eigenvalue weighted by molar-refractivity contribution is -0.140. The standard InChI is InChI=1S/C30H45N3O3/c1-19(2)16-26-27-23(24-17-20(3)8-13-25(24)31-27)14-15-33(26)28(34)22-11-9-21(10-12-22)18-32(7)29(35)36-30(4,5)6/h8,13,17,19,21-22,26,31H,9-12,14-16,18H2,1-7H3/t21-,22-,26?. The molecule has 1 atom stereocenters. The summed E-state index contributed by atoms with van der Waals surface area (Å²) in [6.45, 7) is 13.8. The average molecular weight is 496 g/mol. The van der Waals surface area contributed by atoms with Crippen LogP contribution in [-0.2, 0) is 16.0 Å². The highest BCUT2D eigenvalue weighted by Crippen LogP contribution is 2.40. The lowest BCUT2D eigenvalue weighted by atomic mass is 9.80. The van der Waals surface area contributed by atoms with E-state index in [9.17, 15) is 9.59 Å². The van der Waals surface area contributed by atoms with E-state index in [-0.39, 0.29) is 18.1 Å². The second kappa shape index (κ2) is 10.5. The number of aryl methyl sites for hydroxylation is 1. The van der Waals surface area contributed by atoms with E-state index in [1.807, 2.05) is 27.8 Å². The molecule has 198 valence electrons. The molecule has 6 heteroatoms. The largest absolute Gasteiger partial charge is 0.444 e. The highest BCUT2D eigenvalue weighted by Gasteiger charge is 2.38. The molecule has 6 nitrogen and oxygen atoms in total. The lowest BCUT2D eigenvalue weighted by Gasteiger charge is -2.40. The first kappa shape index (κ1) is 26.6. The van der Waals surface area contributed by atoms with Crippen molar-refractivity contribution in [3.63, 3.8) is 0 Å². The molecule has 2 heterocycles. The third-order valence-electron chi connectivity index (χ3n) is 7.82. The van der Waals surface area contributed by atoms with Crippen LogP contribution in [0.25, 0.3) is 10.9 Å². The number of benzene rings is 1. The minimum Gasteiger partial charge on any atom is -0.444 e. The van der Waals surface area contributed by atoms with Crippen LogP contribution in [0.3, 0.4) is 0 Å². The molecule has 0 saturated heterocycles. The van der Waals surface area contributed by atoms with Crippen molar-refractivity contribution in [3.05, 3.63) is 35.0 Å². The predicted molar refractivity (Wildman–Crippen MR) is 145 cm³/mol. The van der Waals surface area contributed by atoms with Gasteiger partial charge in [0.2, 0.25) is 5.91 Å². The van der Waals surface area contributed by atoms with E-state index in [1.54, 1.807) is 4.90 Å². The molecule has 0 radical (unpaired) electrons. The summed E-state index contributed by atoms with van der Waals surface area (Å²) >= 11 is 0. The van der Waals surface area contributed by atoms with Crippen molar-refractivity contribution in [2.75, 3.05) is 20.1 Å². The van der Waals surface area contributed by atoms with Crippen LogP contribution in [0.15, 0.2) is 18.2 Å². The molecule has 0 spiro atoms. The number of ether oxygens (including phenoxy) is 1. The zero-order chi connectivity index (χ0) is 26.2. The Balaban J connectivity index is 1.42. The molecule has 1 saturated carbocycles. The molecule has 1 fully saturated rings. The Morgan fingerprint density at radius 1 is 1.17 bits per heavy atom. The first-order valence-corrected chi connectivity index (χ1v) is 13.8. The fourth-order valence-electron chi connectivity index (χ4n) is 6.06. The lowest BCUT2D eigenvalue weighted by Crippen LogP contribution is -2.45. The second-order valence-corrected chi connectivity index (χ2v) is 12.6. The van der Waals surface area contributed by atoms with Crippen molar-refractivity contribution in [1.82, 2.24) is 14.8 Å². The fourth-order valence-corrected chi connectivity index (χ4v) is 6.06. The molecule has 2 aliphatic rings. The molecular weight excluding hydrogens is 450 g/mol. The minimum atomic E-state index is -0.486. The molecule has 1 aliphatic heterocycles. The third kappa shape index (κ3) is 5.90. The number of nitrogens with zero attached hydrogens (tertiary/aromatic N) is 2. The van der Waals surface area contributed by atoms with E-state index in [2.05, 4.69) is 48.9 Å². The quantitative estimate of drug-likeness (QED) is 0.507. The van der Waals surface area contributed by atoms with Gasteiger partial charge in [0.25, 0.3) is 0 Å². The molecule has 1 unspecified atom stereocenters. The Hall–Kier alpha value is -2.50. The van der Waals surface area contributed by atoms with E-state index in [4.69, 9.17) is 4.74 Å². The van der Waals surface area contributed by atoms with Gasteiger partial charge in [-0.05, 0) is 95.8 Å². The molecule has 2 aromatic rings. The van der Waals surface area contributed by atoms with Crippen LogP contribution in [0.4, 0.5) is 4.79 Å². The van der Waals surface area contributed by atoms with Gasteiger partial charge >= 0.3 is 6.09 Å². The van der Waals surface area contributed by atoms with E-state index >= 15 is 0 Å². The van der Waals surface area contributed by atoms with E-state index in [0.717, 1.165) is 45.1 Å². The third-order valence-corrected chi connectivity index (χ3v) is 7.82. The van der Waals surface area contributed by atoms with Gasteiger partial charge in [-0.25, -0.2) is 4.79 Å². The van der Waals surface area contributed by atoms with Crippen LogP contribution in [0.2, 0.25) is 0 Å². The van der Waals surface area contributed by atoms with Gasteiger partial charge in [-0.15, -0.1) is 0 Å². The van der Waals surface area contributed by atoms with Crippen molar-refractivity contribution >= 4 is 22.9 Å². The number of rotatable bonds is 5. The summed E-state index contributed by atoms with van der Waals surface area (Å²) in [6, 6.07) is 6.73. The number of aromatic amines is 1. The SMILES string of the molecule is Cc1ccc2[nH]c3c(c2c1)CCN(C(=O)[C@H]1CC[C@H](CN(C)C(=O)OC(C)(C)C)CC1)C3CC(C)C. The van der Waals surface area contributed by atoms with Crippen molar-refractivity contribution in [2.24, 2.45) is 17.8 Å². The Morgan fingerprint density at radius 3 is 2.50 bits per heavy atom. The monoisotopic (exact) mass is 495 g/mol. The molecule has 1 aromatic carbocycles. The Bertz CT molecular complexity index is 1090. The number of hydrogen-bond acceptors (Lipinski definition) is 3. The summed E-state index contributed by atoms with van der Waals surface area (Å²) in [5.74, 6) is 1.32.